The number of carbonyl (C=O) groups is 1. The Kier molecular flexibility index (Phi) is 3.50. The van der Waals surface area contributed by atoms with Crippen LogP contribution in [0.25, 0.3) is 0 Å². The van der Waals surface area contributed by atoms with E-state index >= 15 is 0 Å². The number of nitrogens with zero attached hydrogens (tertiary/aromatic N) is 2. The summed E-state index contributed by atoms with van der Waals surface area (Å²) in [5.41, 5.74) is 1.76. The summed E-state index contributed by atoms with van der Waals surface area (Å²) in [4.78, 5) is 10.9. The lowest BCUT2D eigenvalue weighted by molar-refractivity contribution is -0.138. The molecule has 1 heterocycles. The van der Waals surface area contributed by atoms with E-state index in [0.29, 0.717) is 0 Å². The maximum atomic E-state index is 10.9. The highest BCUT2D eigenvalue weighted by atomic mass is 16.5. The molecule has 0 spiro atoms. The van der Waals surface area contributed by atoms with Gasteiger partial charge in [0.15, 0.2) is 0 Å². The second-order valence-electron chi connectivity index (χ2n) is 2.91. The highest BCUT2D eigenvalue weighted by Gasteiger charge is 2.05. The Morgan fingerprint density at radius 2 is 2.43 bits per heavy atom. The van der Waals surface area contributed by atoms with E-state index in [1.165, 1.54) is 7.11 Å². The summed E-state index contributed by atoms with van der Waals surface area (Å²) in [5.74, 6) is -0.284. The van der Waals surface area contributed by atoms with Crippen molar-refractivity contribution in [3.63, 3.8) is 0 Å². The van der Waals surface area contributed by atoms with Gasteiger partial charge in [-0.05, 0) is 13.8 Å². The van der Waals surface area contributed by atoms with E-state index in [2.05, 4.69) is 15.2 Å². The highest BCUT2D eigenvalue weighted by Crippen LogP contribution is 2.11. The Hall–Kier alpha value is -1.52. The average Bonchev–Trinajstić information content (AvgIpc) is 2.55. The molecule has 0 bridgehead atoms. The number of ether oxygens (including phenoxy) is 1. The van der Waals surface area contributed by atoms with E-state index in [9.17, 15) is 4.79 Å². The molecule has 5 nitrogen and oxygen atoms in total. The fourth-order valence-electron chi connectivity index (χ4n) is 1.09. The summed E-state index contributed by atoms with van der Waals surface area (Å²) in [6, 6.07) is 0. The first-order valence-electron chi connectivity index (χ1n) is 4.52. The molecule has 0 aromatic carbocycles. The van der Waals surface area contributed by atoms with E-state index in [4.69, 9.17) is 0 Å². The van der Waals surface area contributed by atoms with Gasteiger partial charge in [0.1, 0.15) is 6.54 Å². The van der Waals surface area contributed by atoms with Crippen molar-refractivity contribution in [1.29, 1.82) is 0 Å². The summed E-state index contributed by atoms with van der Waals surface area (Å²) < 4.78 is 6.33. The van der Waals surface area contributed by atoms with Gasteiger partial charge in [0.05, 0.1) is 18.5 Å². The monoisotopic (exact) mass is 197 g/mol. The first-order chi connectivity index (χ1) is 6.67. The van der Waals surface area contributed by atoms with Gasteiger partial charge >= 0.3 is 5.97 Å². The van der Waals surface area contributed by atoms with Gasteiger partial charge in [-0.2, -0.15) is 5.10 Å². The molecule has 0 aliphatic heterocycles. The number of hydrogen-bond acceptors (Lipinski definition) is 4. The fourth-order valence-corrected chi connectivity index (χ4v) is 1.09. The molecule has 0 saturated heterocycles. The van der Waals surface area contributed by atoms with E-state index in [1.54, 1.807) is 0 Å². The minimum atomic E-state index is -0.284. The second-order valence-corrected chi connectivity index (χ2v) is 2.91. The molecule has 14 heavy (non-hydrogen) atoms. The standard InChI is InChI=1S/C9H15N3O2/c1-4-12-6-8(7(2)11-12)10-5-9(13)14-3/h6,10H,4-5H2,1-3H3. The predicted molar refractivity (Wildman–Crippen MR) is 53.1 cm³/mol. The Morgan fingerprint density at radius 1 is 1.71 bits per heavy atom. The van der Waals surface area contributed by atoms with Crippen molar-refractivity contribution in [2.75, 3.05) is 19.0 Å². The topological polar surface area (TPSA) is 56.2 Å². The normalized spacial score (nSPS) is 9.93. The number of anilines is 1. The molecule has 0 fully saturated rings. The minimum absolute atomic E-state index is 0.173. The summed E-state index contributed by atoms with van der Waals surface area (Å²) >= 11 is 0. The minimum Gasteiger partial charge on any atom is -0.468 e. The van der Waals surface area contributed by atoms with Crippen LogP contribution in [0, 0.1) is 6.92 Å². The largest absolute Gasteiger partial charge is 0.468 e. The molecule has 0 aliphatic carbocycles. The Bertz CT molecular complexity index is 320. The smallest absolute Gasteiger partial charge is 0.325 e. The van der Waals surface area contributed by atoms with Crippen LogP contribution in [0.5, 0.6) is 0 Å². The zero-order valence-electron chi connectivity index (χ0n) is 8.70. The van der Waals surface area contributed by atoms with Crippen molar-refractivity contribution < 1.29 is 9.53 Å². The quantitative estimate of drug-likeness (QED) is 0.725. The Balaban J connectivity index is 2.58. The number of hydrogen-bond donors (Lipinski definition) is 1. The van der Waals surface area contributed by atoms with Crippen LogP contribution >= 0.6 is 0 Å². The van der Waals surface area contributed by atoms with Gasteiger partial charge in [0.2, 0.25) is 0 Å². The molecule has 1 aromatic rings. The molecule has 0 amide bonds. The lowest BCUT2D eigenvalue weighted by Gasteiger charge is -2.01. The van der Waals surface area contributed by atoms with E-state index in [1.807, 2.05) is 24.7 Å². The zero-order chi connectivity index (χ0) is 10.6. The van der Waals surface area contributed by atoms with Gasteiger partial charge in [-0.15, -0.1) is 0 Å². The van der Waals surface area contributed by atoms with Crippen molar-refractivity contribution in [1.82, 2.24) is 9.78 Å². The maximum absolute atomic E-state index is 10.9. The summed E-state index contributed by atoms with van der Waals surface area (Å²) in [6.07, 6.45) is 1.87. The Labute approximate surface area is 83.1 Å². The third kappa shape index (κ3) is 2.48. The number of methoxy groups -OCH3 is 1. The number of rotatable bonds is 4. The van der Waals surface area contributed by atoms with Crippen molar-refractivity contribution >= 4 is 11.7 Å². The van der Waals surface area contributed by atoms with E-state index in [-0.39, 0.29) is 12.5 Å². The van der Waals surface area contributed by atoms with Crippen molar-refractivity contribution in [2.45, 2.75) is 20.4 Å². The van der Waals surface area contributed by atoms with E-state index < -0.39 is 0 Å². The zero-order valence-corrected chi connectivity index (χ0v) is 8.70. The van der Waals surface area contributed by atoms with Crippen molar-refractivity contribution in [3.05, 3.63) is 11.9 Å². The molecule has 1 rings (SSSR count). The number of esters is 1. The van der Waals surface area contributed by atoms with Crippen LogP contribution in [0.4, 0.5) is 5.69 Å². The average molecular weight is 197 g/mol. The summed E-state index contributed by atoms with van der Waals surface area (Å²) in [5, 5.41) is 7.20. The van der Waals surface area contributed by atoms with E-state index in [0.717, 1.165) is 17.9 Å². The van der Waals surface area contributed by atoms with Gasteiger partial charge in [0, 0.05) is 12.7 Å². The van der Waals surface area contributed by atoms with Crippen LogP contribution in [0.1, 0.15) is 12.6 Å². The number of aromatic nitrogens is 2. The molecule has 0 unspecified atom stereocenters. The fraction of sp³-hybridized carbons (Fsp3) is 0.556. The van der Waals surface area contributed by atoms with Crippen molar-refractivity contribution in [3.8, 4) is 0 Å². The maximum Gasteiger partial charge on any atom is 0.325 e. The van der Waals surface area contributed by atoms with Crippen molar-refractivity contribution in [2.24, 2.45) is 0 Å². The molecule has 1 N–H and O–H groups in total. The molecule has 5 heteroatoms. The molecule has 0 atom stereocenters. The van der Waals surface area contributed by atoms with Crippen LogP contribution < -0.4 is 5.32 Å². The van der Waals surface area contributed by atoms with Gasteiger partial charge in [-0.25, -0.2) is 0 Å². The van der Waals surface area contributed by atoms with Gasteiger partial charge in [-0.1, -0.05) is 0 Å². The molecule has 0 aliphatic rings. The third-order valence-electron chi connectivity index (χ3n) is 1.92. The molecule has 0 saturated carbocycles. The van der Waals surface area contributed by atoms with Crippen LogP contribution in [0.2, 0.25) is 0 Å². The number of aryl methyl sites for hydroxylation is 2. The molecule has 1 aromatic heterocycles. The predicted octanol–water partition coefficient (Wildman–Crippen LogP) is 0.796. The van der Waals surface area contributed by atoms with Crippen LogP contribution in [-0.4, -0.2) is 29.4 Å². The first-order valence-corrected chi connectivity index (χ1v) is 4.52. The number of carbonyl (C=O) groups excluding carboxylic acids is 1. The Morgan fingerprint density at radius 3 is 2.93 bits per heavy atom. The molecular formula is C9H15N3O2. The summed E-state index contributed by atoms with van der Waals surface area (Å²) in [7, 11) is 1.37. The molecule has 78 valence electrons. The van der Waals surface area contributed by atoms with Crippen LogP contribution in [-0.2, 0) is 16.1 Å². The lowest BCUT2D eigenvalue weighted by Crippen LogP contribution is -2.15. The molecule has 0 radical (unpaired) electrons. The van der Waals surface area contributed by atoms with Crippen LogP contribution in [0.15, 0.2) is 6.20 Å². The molecular weight excluding hydrogens is 182 g/mol. The van der Waals surface area contributed by atoms with Crippen LogP contribution in [0.3, 0.4) is 0 Å². The number of nitrogens with one attached hydrogen (secondary N) is 1. The first kappa shape index (κ1) is 10.6. The third-order valence-corrected chi connectivity index (χ3v) is 1.92. The lowest BCUT2D eigenvalue weighted by atomic mass is 10.4. The van der Waals surface area contributed by atoms with Gasteiger partial charge in [0.25, 0.3) is 0 Å². The highest BCUT2D eigenvalue weighted by molar-refractivity contribution is 5.74. The van der Waals surface area contributed by atoms with Gasteiger partial charge < -0.3 is 10.1 Å². The summed E-state index contributed by atoms with van der Waals surface area (Å²) in [6.45, 7) is 4.90. The SMILES string of the molecule is CCn1cc(NCC(=O)OC)c(C)n1. The second kappa shape index (κ2) is 4.64. The van der Waals surface area contributed by atoms with Gasteiger partial charge in [-0.3, -0.25) is 9.48 Å².